The van der Waals surface area contributed by atoms with Gasteiger partial charge in [0.25, 0.3) is 0 Å². The molecule has 0 spiro atoms. The van der Waals surface area contributed by atoms with Gasteiger partial charge in [0.1, 0.15) is 11.8 Å². The average molecular weight is 357 g/mol. The van der Waals surface area contributed by atoms with Crippen LogP contribution in [-0.4, -0.2) is 53.5 Å². The Balaban J connectivity index is 1.87. The quantitative estimate of drug-likeness (QED) is 0.763. The molecule has 1 saturated heterocycles. The number of rotatable bonds is 7. The molecule has 0 N–H and O–H groups in total. The number of ether oxygens (including phenoxy) is 1. The van der Waals surface area contributed by atoms with Crippen molar-refractivity contribution in [2.45, 2.75) is 26.4 Å². The van der Waals surface area contributed by atoms with Crippen LogP contribution in [0.1, 0.15) is 31.2 Å². The molecule has 1 aliphatic rings. The van der Waals surface area contributed by atoms with Gasteiger partial charge in [-0.3, -0.25) is 14.7 Å². The first kappa shape index (κ1) is 18.6. The molecule has 1 fully saturated rings. The molecule has 26 heavy (non-hydrogen) atoms. The van der Waals surface area contributed by atoms with Crippen LogP contribution in [0.15, 0.2) is 47.3 Å². The largest absolute Gasteiger partial charge is 0.467 e. The minimum Gasteiger partial charge on any atom is -0.467 e. The van der Waals surface area contributed by atoms with Gasteiger partial charge in [-0.15, -0.1) is 0 Å². The van der Waals surface area contributed by atoms with E-state index in [2.05, 4.69) is 23.7 Å². The fraction of sp³-hybridized carbons (Fsp3) is 0.500. The van der Waals surface area contributed by atoms with Gasteiger partial charge in [0.2, 0.25) is 5.91 Å². The molecule has 3 heterocycles. The van der Waals surface area contributed by atoms with Gasteiger partial charge in [0, 0.05) is 32.0 Å². The zero-order chi connectivity index (χ0) is 18.4. The minimum atomic E-state index is -0.346. The van der Waals surface area contributed by atoms with E-state index in [1.54, 1.807) is 18.7 Å². The predicted octanol–water partition coefficient (Wildman–Crippen LogP) is 2.73. The van der Waals surface area contributed by atoms with E-state index in [9.17, 15) is 4.79 Å². The third-order valence-electron chi connectivity index (χ3n) is 4.47. The predicted molar refractivity (Wildman–Crippen MR) is 98.3 cm³/mol. The molecule has 0 radical (unpaired) electrons. The van der Waals surface area contributed by atoms with Gasteiger partial charge in [0.05, 0.1) is 26.0 Å². The van der Waals surface area contributed by atoms with Crippen molar-refractivity contribution in [3.8, 4) is 0 Å². The molecule has 140 valence electrons. The molecule has 6 nitrogen and oxygen atoms in total. The van der Waals surface area contributed by atoms with Crippen LogP contribution in [-0.2, 0) is 16.1 Å². The molecule has 0 bridgehead atoms. The van der Waals surface area contributed by atoms with Crippen molar-refractivity contribution in [2.75, 3.05) is 32.8 Å². The van der Waals surface area contributed by atoms with E-state index < -0.39 is 0 Å². The molecular weight excluding hydrogens is 330 g/mol. The number of aromatic nitrogens is 1. The normalized spacial score (nSPS) is 16.6. The van der Waals surface area contributed by atoms with E-state index in [0.717, 1.165) is 24.4 Å². The lowest BCUT2D eigenvalue weighted by Gasteiger charge is -2.37. The molecular formula is C20H27N3O3. The summed E-state index contributed by atoms with van der Waals surface area (Å²) in [6.45, 7) is 8.17. The number of morpholine rings is 1. The molecule has 0 aliphatic carbocycles. The van der Waals surface area contributed by atoms with Gasteiger partial charge in [-0.2, -0.15) is 0 Å². The molecule has 1 amide bonds. The summed E-state index contributed by atoms with van der Waals surface area (Å²) in [7, 11) is 0. The molecule has 1 atom stereocenters. The molecule has 0 aromatic carbocycles. The first-order valence-corrected chi connectivity index (χ1v) is 9.18. The van der Waals surface area contributed by atoms with E-state index in [-0.39, 0.29) is 11.9 Å². The van der Waals surface area contributed by atoms with Crippen molar-refractivity contribution < 1.29 is 13.9 Å². The summed E-state index contributed by atoms with van der Waals surface area (Å²) in [5.74, 6) is 1.25. The summed E-state index contributed by atoms with van der Waals surface area (Å²) in [6.07, 6.45) is 5.17. The van der Waals surface area contributed by atoms with Crippen molar-refractivity contribution in [3.05, 3.63) is 54.2 Å². The maximum Gasteiger partial charge on any atom is 0.245 e. The number of hydrogen-bond acceptors (Lipinski definition) is 5. The van der Waals surface area contributed by atoms with E-state index in [1.807, 2.05) is 29.2 Å². The SMILES string of the molecule is CC(C)CN(Cc1ccco1)C(=O)[C@@H](c1cccnc1)N1CCOCC1. The number of nitrogens with zero attached hydrogens (tertiary/aromatic N) is 3. The highest BCUT2D eigenvalue weighted by atomic mass is 16.5. The van der Waals surface area contributed by atoms with Gasteiger partial charge >= 0.3 is 0 Å². The molecule has 6 heteroatoms. The third-order valence-corrected chi connectivity index (χ3v) is 4.47. The third kappa shape index (κ3) is 4.71. The first-order valence-electron chi connectivity index (χ1n) is 9.18. The van der Waals surface area contributed by atoms with E-state index in [1.165, 1.54) is 0 Å². The summed E-state index contributed by atoms with van der Waals surface area (Å²) in [5.41, 5.74) is 0.924. The maximum absolute atomic E-state index is 13.6. The van der Waals surface area contributed by atoms with Crippen LogP contribution in [0.5, 0.6) is 0 Å². The van der Waals surface area contributed by atoms with Crippen LogP contribution in [0.4, 0.5) is 0 Å². The van der Waals surface area contributed by atoms with Crippen molar-refractivity contribution >= 4 is 5.91 Å². The Hall–Kier alpha value is -2.18. The molecule has 0 saturated carbocycles. The smallest absolute Gasteiger partial charge is 0.245 e. The highest BCUT2D eigenvalue weighted by Gasteiger charge is 2.33. The Morgan fingerprint density at radius 1 is 1.27 bits per heavy atom. The Bertz CT molecular complexity index is 667. The summed E-state index contributed by atoms with van der Waals surface area (Å²) >= 11 is 0. The standard InChI is InChI=1S/C20H27N3O3/c1-16(2)14-23(15-18-6-4-10-26-18)20(24)19(17-5-3-7-21-13-17)22-8-11-25-12-9-22/h3-7,10,13,16,19H,8-9,11-12,14-15H2,1-2H3/t19-/m1/s1. The van der Waals surface area contributed by atoms with Crippen molar-refractivity contribution in [3.63, 3.8) is 0 Å². The Morgan fingerprint density at radius 2 is 2.08 bits per heavy atom. The molecule has 3 rings (SSSR count). The highest BCUT2D eigenvalue weighted by Crippen LogP contribution is 2.25. The Kier molecular flexibility index (Phi) is 6.41. The first-order chi connectivity index (χ1) is 12.6. The lowest BCUT2D eigenvalue weighted by atomic mass is 10.0. The van der Waals surface area contributed by atoms with E-state index >= 15 is 0 Å². The van der Waals surface area contributed by atoms with Gasteiger partial charge in [-0.25, -0.2) is 0 Å². The minimum absolute atomic E-state index is 0.0880. The molecule has 2 aromatic rings. The molecule has 2 aromatic heterocycles. The second-order valence-electron chi connectivity index (χ2n) is 7.03. The van der Waals surface area contributed by atoms with Crippen molar-refractivity contribution in [2.24, 2.45) is 5.92 Å². The summed E-state index contributed by atoms with van der Waals surface area (Å²) in [4.78, 5) is 21.9. The fourth-order valence-electron chi connectivity index (χ4n) is 3.32. The maximum atomic E-state index is 13.6. The number of carbonyl (C=O) groups is 1. The lowest BCUT2D eigenvalue weighted by molar-refractivity contribution is -0.140. The topological polar surface area (TPSA) is 58.8 Å². The van der Waals surface area contributed by atoms with Crippen LogP contribution in [0, 0.1) is 5.92 Å². The van der Waals surface area contributed by atoms with Crippen LogP contribution in [0.2, 0.25) is 0 Å². The van der Waals surface area contributed by atoms with Crippen molar-refractivity contribution in [1.82, 2.24) is 14.8 Å². The second kappa shape index (κ2) is 8.96. The van der Waals surface area contributed by atoms with Crippen LogP contribution >= 0.6 is 0 Å². The number of amides is 1. The summed E-state index contributed by atoms with van der Waals surface area (Å²) < 4.78 is 11.0. The van der Waals surface area contributed by atoms with Crippen LogP contribution in [0.25, 0.3) is 0 Å². The molecule has 1 aliphatic heterocycles. The van der Waals surface area contributed by atoms with Gasteiger partial charge in [-0.1, -0.05) is 19.9 Å². The monoisotopic (exact) mass is 357 g/mol. The fourth-order valence-corrected chi connectivity index (χ4v) is 3.32. The second-order valence-corrected chi connectivity index (χ2v) is 7.03. The van der Waals surface area contributed by atoms with E-state index in [0.29, 0.717) is 32.2 Å². The summed E-state index contributed by atoms with van der Waals surface area (Å²) in [6, 6.07) is 7.28. The number of hydrogen-bond donors (Lipinski definition) is 0. The Morgan fingerprint density at radius 3 is 2.69 bits per heavy atom. The van der Waals surface area contributed by atoms with Gasteiger partial charge in [0.15, 0.2) is 0 Å². The summed E-state index contributed by atoms with van der Waals surface area (Å²) in [5, 5.41) is 0. The van der Waals surface area contributed by atoms with Crippen LogP contribution < -0.4 is 0 Å². The zero-order valence-electron chi connectivity index (χ0n) is 15.5. The van der Waals surface area contributed by atoms with Crippen LogP contribution in [0.3, 0.4) is 0 Å². The zero-order valence-corrected chi connectivity index (χ0v) is 15.5. The highest BCUT2D eigenvalue weighted by molar-refractivity contribution is 5.83. The molecule has 0 unspecified atom stereocenters. The average Bonchev–Trinajstić information content (AvgIpc) is 3.16. The van der Waals surface area contributed by atoms with Gasteiger partial charge < -0.3 is 14.1 Å². The van der Waals surface area contributed by atoms with Crippen molar-refractivity contribution in [1.29, 1.82) is 0 Å². The lowest BCUT2D eigenvalue weighted by Crippen LogP contribution is -2.47. The van der Waals surface area contributed by atoms with Gasteiger partial charge in [-0.05, 0) is 29.7 Å². The van der Waals surface area contributed by atoms with E-state index in [4.69, 9.17) is 9.15 Å². The number of furan rings is 1. The number of carbonyl (C=O) groups excluding carboxylic acids is 1. The number of pyridine rings is 1. The Labute approximate surface area is 154 Å².